The monoisotopic (exact) mass is 373 g/mol. The molecule has 7 nitrogen and oxygen atoms in total. The molecule has 140 valence electrons. The summed E-state index contributed by atoms with van der Waals surface area (Å²) in [5, 5.41) is 8.26. The average Bonchev–Trinajstić information content (AvgIpc) is 3.16. The van der Waals surface area contributed by atoms with Crippen LogP contribution in [-0.4, -0.2) is 52.2 Å². The van der Waals surface area contributed by atoms with Crippen LogP contribution in [0, 0.1) is 0 Å². The molecule has 0 aliphatic heterocycles. The van der Waals surface area contributed by atoms with E-state index in [1.54, 1.807) is 38.5 Å². The molecule has 0 bridgehead atoms. The number of aromatic nitrogens is 4. The Kier molecular flexibility index (Phi) is 4.49. The number of amides is 1. The van der Waals surface area contributed by atoms with Crippen LogP contribution in [0.2, 0.25) is 0 Å². The number of methoxy groups -OCH3 is 1. The van der Waals surface area contributed by atoms with Crippen molar-refractivity contribution in [2.75, 3.05) is 21.2 Å². The van der Waals surface area contributed by atoms with Gasteiger partial charge in [-0.05, 0) is 29.8 Å². The van der Waals surface area contributed by atoms with Gasteiger partial charge in [0.1, 0.15) is 5.69 Å². The minimum Gasteiger partial charge on any atom is -0.481 e. The molecule has 0 radical (unpaired) electrons. The van der Waals surface area contributed by atoms with Crippen molar-refractivity contribution in [3.05, 3.63) is 60.4 Å². The number of nitrogens with zero attached hydrogens (tertiary/aromatic N) is 4. The third kappa shape index (κ3) is 3.18. The number of nitrogens with one attached hydrogen (secondary N) is 1. The van der Waals surface area contributed by atoms with Crippen molar-refractivity contribution in [1.29, 1.82) is 0 Å². The van der Waals surface area contributed by atoms with E-state index >= 15 is 0 Å². The van der Waals surface area contributed by atoms with E-state index in [1.807, 2.05) is 42.5 Å². The Bertz CT molecular complexity index is 1170. The molecule has 0 atom stereocenters. The third-order valence-corrected chi connectivity index (χ3v) is 4.48. The van der Waals surface area contributed by atoms with E-state index in [0.29, 0.717) is 17.1 Å². The number of H-pyrrole nitrogens is 1. The lowest BCUT2D eigenvalue weighted by atomic mass is 10.0. The smallest absolute Gasteiger partial charge is 0.253 e. The Morgan fingerprint density at radius 2 is 1.89 bits per heavy atom. The van der Waals surface area contributed by atoms with Crippen LogP contribution in [-0.2, 0) is 0 Å². The fourth-order valence-corrected chi connectivity index (χ4v) is 3.04. The Labute approximate surface area is 162 Å². The van der Waals surface area contributed by atoms with Crippen molar-refractivity contribution in [2.45, 2.75) is 0 Å². The van der Waals surface area contributed by atoms with Crippen molar-refractivity contribution >= 4 is 16.9 Å². The highest BCUT2D eigenvalue weighted by Gasteiger charge is 2.13. The second kappa shape index (κ2) is 7.11. The topological polar surface area (TPSA) is 84.0 Å². The Hall–Kier alpha value is -3.74. The Morgan fingerprint density at radius 1 is 1.04 bits per heavy atom. The van der Waals surface area contributed by atoms with E-state index < -0.39 is 0 Å². The van der Waals surface area contributed by atoms with Crippen LogP contribution in [0.4, 0.5) is 0 Å². The minimum absolute atomic E-state index is 0.0382. The SMILES string of the molecule is COc1cc(-c2n[nH]c3ncc(-c4cccc(C(=O)N(C)C)c4)cc23)ccn1. The largest absolute Gasteiger partial charge is 0.481 e. The number of aromatic amines is 1. The molecule has 0 aliphatic rings. The molecule has 0 saturated carbocycles. The number of hydrogen-bond acceptors (Lipinski definition) is 5. The molecule has 7 heteroatoms. The molecular weight excluding hydrogens is 354 g/mol. The average molecular weight is 373 g/mol. The summed E-state index contributed by atoms with van der Waals surface area (Å²) in [5.41, 5.74) is 4.80. The Balaban J connectivity index is 1.80. The summed E-state index contributed by atoms with van der Waals surface area (Å²) in [7, 11) is 5.06. The highest BCUT2D eigenvalue weighted by atomic mass is 16.5. The van der Waals surface area contributed by atoms with Crippen LogP contribution in [0.15, 0.2) is 54.9 Å². The maximum atomic E-state index is 12.3. The van der Waals surface area contributed by atoms with Gasteiger partial charge in [-0.2, -0.15) is 5.10 Å². The van der Waals surface area contributed by atoms with Gasteiger partial charge >= 0.3 is 0 Å². The first-order valence-electron chi connectivity index (χ1n) is 8.73. The predicted molar refractivity (Wildman–Crippen MR) is 107 cm³/mol. The molecule has 4 rings (SSSR count). The van der Waals surface area contributed by atoms with Crippen molar-refractivity contribution in [2.24, 2.45) is 0 Å². The van der Waals surface area contributed by atoms with Crippen LogP contribution in [0.25, 0.3) is 33.4 Å². The first-order chi connectivity index (χ1) is 13.6. The molecular formula is C21H19N5O2. The number of carbonyl (C=O) groups is 1. The van der Waals surface area contributed by atoms with Crippen LogP contribution in [0.3, 0.4) is 0 Å². The normalized spacial score (nSPS) is 10.8. The number of fused-ring (bicyclic) bond motifs is 1. The van der Waals surface area contributed by atoms with E-state index in [0.717, 1.165) is 27.8 Å². The summed E-state index contributed by atoms with van der Waals surface area (Å²) in [5.74, 6) is 0.483. The highest BCUT2D eigenvalue weighted by molar-refractivity contribution is 5.96. The molecule has 1 aromatic carbocycles. The summed E-state index contributed by atoms with van der Waals surface area (Å²) in [6.45, 7) is 0. The van der Waals surface area contributed by atoms with E-state index in [-0.39, 0.29) is 5.91 Å². The van der Waals surface area contributed by atoms with Gasteiger partial charge in [0.2, 0.25) is 5.88 Å². The van der Waals surface area contributed by atoms with Crippen molar-refractivity contribution in [1.82, 2.24) is 25.1 Å². The van der Waals surface area contributed by atoms with Crippen LogP contribution >= 0.6 is 0 Å². The van der Waals surface area contributed by atoms with Gasteiger partial charge < -0.3 is 9.64 Å². The molecule has 4 aromatic rings. The summed E-state index contributed by atoms with van der Waals surface area (Å²) >= 11 is 0. The molecule has 0 saturated heterocycles. The first-order valence-corrected chi connectivity index (χ1v) is 8.73. The van der Waals surface area contributed by atoms with Crippen molar-refractivity contribution in [3.8, 4) is 28.3 Å². The number of carbonyl (C=O) groups excluding carboxylic acids is 1. The zero-order valence-corrected chi connectivity index (χ0v) is 15.8. The van der Waals surface area contributed by atoms with E-state index in [4.69, 9.17) is 4.74 Å². The number of benzene rings is 1. The van der Waals surface area contributed by atoms with Crippen LogP contribution in [0.5, 0.6) is 5.88 Å². The lowest BCUT2D eigenvalue weighted by Crippen LogP contribution is -2.21. The van der Waals surface area contributed by atoms with Gasteiger partial charge in [-0.15, -0.1) is 0 Å². The molecule has 3 heterocycles. The van der Waals surface area contributed by atoms with Gasteiger partial charge in [-0.1, -0.05) is 12.1 Å². The van der Waals surface area contributed by atoms with Gasteiger partial charge in [0.15, 0.2) is 5.65 Å². The number of ether oxygens (including phenoxy) is 1. The van der Waals surface area contributed by atoms with Crippen molar-refractivity contribution in [3.63, 3.8) is 0 Å². The third-order valence-electron chi connectivity index (χ3n) is 4.48. The maximum Gasteiger partial charge on any atom is 0.253 e. The Morgan fingerprint density at radius 3 is 2.68 bits per heavy atom. The van der Waals surface area contributed by atoms with Gasteiger partial charge in [0, 0.05) is 54.6 Å². The van der Waals surface area contributed by atoms with Gasteiger partial charge in [-0.25, -0.2) is 9.97 Å². The second-order valence-corrected chi connectivity index (χ2v) is 6.56. The van der Waals surface area contributed by atoms with Gasteiger partial charge in [0.05, 0.1) is 7.11 Å². The predicted octanol–water partition coefficient (Wildman–Crippen LogP) is 3.40. The lowest BCUT2D eigenvalue weighted by Gasteiger charge is -2.11. The quantitative estimate of drug-likeness (QED) is 0.593. The van der Waals surface area contributed by atoms with E-state index in [9.17, 15) is 4.79 Å². The highest BCUT2D eigenvalue weighted by Crippen LogP contribution is 2.30. The summed E-state index contributed by atoms with van der Waals surface area (Å²) in [6, 6.07) is 13.3. The summed E-state index contributed by atoms with van der Waals surface area (Å²) < 4.78 is 5.21. The molecule has 28 heavy (non-hydrogen) atoms. The number of rotatable bonds is 4. The summed E-state index contributed by atoms with van der Waals surface area (Å²) in [6.07, 6.45) is 3.46. The molecule has 0 spiro atoms. The summed E-state index contributed by atoms with van der Waals surface area (Å²) in [4.78, 5) is 22.5. The fraction of sp³-hybridized carbons (Fsp3) is 0.143. The minimum atomic E-state index is -0.0382. The van der Waals surface area contributed by atoms with Crippen LogP contribution in [0.1, 0.15) is 10.4 Å². The van der Waals surface area contributed by atoms with Gasteiger partial charge in [-0.3, -0.25) is 9.89 Å². The molecule has 1 amide bonds. The lowest BCUT2D eigenvalue weighted by molar-refractivity contribution is 0.0827. The molecule has 0 fully saturated rings. The first kappa shape index (κ1) is 17.7. The van der Waals surface area contributed by atoms with E-state index in [1.165, 1.54) is 0 Å². The van der Waals surface area contributed by atoms with E-state index in [2.05, 4.69) is 20.2 Å². The zero-order chi connectivity index (χ0) is 19.7. The number of pyridine rings is 2. The number of hydrogen-bond donors (Lipinski definition) is 1. The molecule has 1 N–H and O–H groups in total. The van der Waals surface area contributed by atoms with Gasteiger partial charge in [0.25, 0.3) is 5.91 Å². The molecule has 3 aromatic heterocycles. The van der Waals surface area contributed by atoms with Crippen molar-refractivity contribution < 1.29 is 9.53 Å². The fourth-order valence-electron chi connectivity index (χ4n) is 3.04. The second-order valence-electron chi connectivity index (χ2n) is 6.56. The zero-order valence-electron chi connectivity index (χ0n) is 15.8. The standard InChI is InChI=1S/C21H19N5O2/c1-26(2)21(27)15-6-4-5-13(9-15)16-10-17-19(24-25-20(17)23-12-16)14-7-8-22-18(11-14)28-3/h4-12H,1-3H3,(H,23,24,25). The van der Waals surface area contributed by atoms with Crippen LogP contribution < -0.4 is 4.74 Å². The molecule has 0 aliphatic carbocycles. The maximum absolute atomic E-state index is 12.3. The molecule has 0 unspecified atom stereocenters.